The van der Waals surface area contributed by atoms with Gasteiger partial charge in [-0.25, -0.2) is 4.79 Å². The fourth-order valence-corrected chi connectivity index (χ4v) is 1.63. The summed E-state index contributed by atoms with van der Waals surface area (Å²) in [4.78, 5) is 26.9. The Morgan fingerprint density at radius 2 is 1.95 bits per heavy atom. The molecular formula is C14H9N3O3. The lowest BCUT2D eigenvalue weighted by Crippen LogP contribution is -2.18. The second-order valence-electron chi connectivity index (χ2n) is 3.82. The van der Waals surface area contributed by atoms with Crippen LogP contribution in [0.2, 0.25) is 0 Å². The molecule has 6 nitrogen and oxygen atoms in total. The first-order chi connectivity index (χ1) is 9.63. The van der Waals surface area contributed by atoms with Gasteiger partial charge in [-0.2, -0.15) is 5.26 Å². The van der Waals surface area contributed by atoms with Gasteiger partial charge in [0.1, 0.15) is 11.8 Å². The van der Waals surface area contributed by atoms with Gasteiger partial charge in [0.05, 0.1) is 16.8 Å². The third-order valence-electron chi connectivity index (χ3n) is 2.55. The monoisotopic (exact) mass is 267 g/mol. The number of para-hydroxylation sites is 1. The number of anilines is 1. The van der Waals surface area contributed by atoms with Crippen molar-refractivity contribution in [1.29, 1.82) is 5.26 Å². The Morgan fingerprint density at radius 3 is 2.65 bits per heavy atom. The molecule has 0 unspecified atom stereocenters. The molecule has 0 saturated carbocycles. The van der Waals surface area contributed by atoms with Crippen molar-refractivity contribution >= 4 is 17.6 Å². The molecule has 0 saturated heterocycles. The van der Waals surface area contributed by atoms with E-state index in [9.17, 15) is 9.59 Å². The van der Waals surface area contributed by atoms with E-state index in [-0.39, 0.29) is 16.8 Å². The third kappa shape index (κ3) is 2.62. The average Bonchev–Trinajstić information content (AvgIpc) is 2.47. The summed E-state index contributed by atoms with van der Waals surface area (Å²) in [6.07, 6.45) is 1.33. The molecule has 2 aromatic rings. The Balaban J connectivity index is 2.34. The molecule has 98 valence electrons. The Kier molecular flexibility index (Phi) is 3.72. The second-order valence-corrected chi connectivity index (χ2v) is 3.82. The highest BCUT2D eigenvalue weighted by Crippen LogP contribution is 2.15. The van der Waals surface area contributed by atoms with E-state index in [1.165, 1.54) is 18.3 Å². The van der Waals surface area contributed by atoms with E-state index in [1.54, 1.807) is 24.3 Å². The van der Waals surface area contributed by atoms with Crippen LogP contribution in [0.25, 0.3) is 0 Å². The van der Waals surface area contributed by atoms with Crippen LogP contribution in [0.15, 0.2) is 42.6 Å². The summed E-state index contributed by atoms with van der Waals surface area (Å²) in [5.74, 6) is -1.91. The van der Waals surface area contributed by atoms with Crippen LogP contribution >= 0.6 is 0 Å². The van der Waals surface area contributed by atoms with E-state index < -0.39 is 11.9 Å². The van der Waals surface area contributed by atoms with Crippen LogP contribution in [-0.4, -0.2) is 22.0 Å². The number of hydrogen-bond donors (Lipinski definition) is 2. The molecule has 0 aliphatic rings. The maximum atomic E-state index is 12.1. The fourth-order valence-electron chi connectivity index (χ4n) is 1.63. The van der Waals surface area contributed by atoms with E-state index >= 15 is 0 Å². The van der Waals surface area contributed by atoms with Crippen molar-refractivity contribution in [1.82, 2.24) is 4.98 Å². The van der Waals surface area contributed by atoms with Crippen LogP contribution in [0.1, 0.15) is 26.4 Å². The van der Waals surface area contributed by atoms with Gasteiger partial charge in [-0.15, -0.1) is 0 Å². The average molecular weight is 267 g/mol. The Morgan fingerprint density at radius 1 is 1.20 bits per heavy atom. The minimum atomic E-state index is -1.24. The van der Waals surface area contributed by atoms with Gasteiger partial charge in [0.15, 0.2) is 0 Å². The van der Waals surface area contributed by atoms with Gasteiger partial charge < -0.3 is 10.4 Å². The smallest absolute Gasteiger partial charge is 0.338 e. The highest BCUT2D eigenvalue weighted by Gasteiger charge is 2.18. The van der Waals surface area contributed by atoms with Gasteiger partial charge in [0.2, 0.25) is 0 Å². The molecule has 0 aliphatic carbocycles. The Hall–Kier alpha value is -3.20. The number of carboxylic acid groups (broad SMARTS) is 1. The number of nitriles is 1. The Bertz CT molecular complexity index is 720. The lowest BCUT2D eigenvalue weighted by Gasteiger charge is -2.07. The summed E-state index contributed by atoms with van der Waals surface area (Å²) >= 11 is 0. The number of aromatic nitrogens is 1. The fraction of sp³-hybridized carbons (Fsp3) is 0. The molecule has 6 heteroatoms. The number of nitrogens with zero attached hydrogens (tertiary/aromatic N) is 2. The van der Waals surface area contributed by atoms with Gasteiger partial charge in [0, 0.05) is 6.20 Å². The van der Waals surface area contributed by atoms with Gasteiger partial charge in [-0.05, 0) is 24.3 Å². The summed E-state index contributed by atoms with van der Waals surface area (Å²) in [6.45, 7) is 0. The molecule has 0 fully saturated rings. The SMILES string of the molecule is N#Cc1ccccc1NC(=O)c1ncccc1C(=O)O. The molecule has 1 heterocycles. The molecule has 1 aromatic heterocycles. The molecule has 0 atom stereocenters. The Labute approximate surface area is 114 Å². The zero-order valence-electron chi connectivity index (χ0n) is 10.2. The summed E-state index contributed by atoms with van der Waals surface area (Å²) in [5, 5.41) is 20.4. The van der Waals surface area contributed by atoms with Crippen LogP contribution in [-0.2, 0) is 0 Å². The predicted molar refractivity (Wildman–Crippen MR) is 70.3 cm³/mol. The number of benzene rings is 1. The predicted octanol–water partition coefficient (Wildman–Crippen LogP) is 1.90. The minimum Gasteiger partial charge on any atom is -0.478 e. The van der Waals surface area contributed by atoms with E-state index in [2.05, 4.69) is 10.3 Å². The van der Waals surface area contributed by atoms with Crippen LogP contribution < -0.4 is 5.32 Å². The number of rotatable bonds is 3. The number of aromatic carboxylic acids is 1. The topological polar surface area (TPSA) is 103 Å². The zero-order valence-corrected chi connectivity index (χ0v) is 10.2. The first-order valence-electron chi connectivity index (χ1n) is 5.62. The van der Waals surface area contributed by atoms with E-state index in [0.717, 1.165) is 0 Å². The van der Waals surface area contributed by atoms with Gasteiger partial charge >= 0.3 is 5.97 Å². The van der Waals surface area contributed by atoms with Crippen LogP contribution in [0, 0.1) is 11.3 Å². The molecular weight excluding hydrogens is 258 g/mol. The standard InChI is InChI=1S/C14H9N3O3/c15-8-9-4-1-2-6-11(9)17-13(18)12-10(14(19)20)5-3-7-16-12/h1-7H,(H,17,18)(H,19,20). The molecule has 1 aromatic carbocycles. The molecule has 0 radical (unpaired) electrons. The van der Waals surface area contributed by atoms with Gasteiger partial charge in [-0.3, -0.25) is 9.78 Å². The third-order valence-corrected chi connectivity index (χ3v) is 2.55. The summed E-state index contributed by atoms with van der Waals surface area (Å²) in [6, 6.07) is 11.1. The summed E-state index contributed by atoms with van der Waals surface area (Å²) in [7, 11) is 0. The highest BCUT2D eigenvalue weighted by molar-refractivity contribution is 6.09. The van der Waals surface area contributed by atoms with Gasteiger partial charge in [-0.1, -0.05) is 12.1 Å². The molecule has 20 heavy (non-hydrogen) atoms. The number of carbonyl (C=O) groups excluding carboxylic acids is 1. The highest BCUT2D eigenvalue weighted by atomic mass is 16.4. The maximum Gasteiger partial charge on any atom is 0.338 e. The normalized spacial score (nSPS) is 9.55. The lowest BCUT2D eigenvalue weighted by molar-refractivity contribution is 0.0691. The number of amides is 1. The first kappa shape index (κ1) is 13.2. The van der Waals surface area contributed by atoms with Crippen molar-refractivity contribution in [2.45, 2.75) is 0 Å². The second kappa shape index (κ2) is 5.63. The van der Waals surface area contributed by atoms with Crippen LogP contribution in [0.4, 0.5) is 5.69 Å². The molecule has 1 amide bonds. The molecule has 0 bridgehead atoms. The van der Waals surface area contributed by atoms with E-state index in [0.29, 0.717) is 5.69 Å². The van der Waals surface area contributed by atoms with Crippen molar-refractivity contribution in [3.05, 3.63) is 59.4 Å². The van der Waals surface area contributed by atoms with E-state index in [1.807, 2.05) is 6.07 Å². The number of carboxylic acids is 1. The lowest BCUT2D eigenvalue weighted by atomic mass is 10.1. The quantitative estimate of drug-likeness (QED) is 0.884. The van der Waals surface area contributed by atoms with Crippen LogP contribution in [0.3, 0.4) is 0 Å². The largest absolute Gasteiger partial charge is 0.478 e. The number of carbonyl (C=O) groups is 2. The van der Waals surface area contributed by atoms with Crippen molar-refractivity contribution in [2.24, 2.45) is 0 Å². The van der Waals surface area contributed by atoms with Crippen molar-refractivity contribution in [2.75, 3.05) is 5.32 Å². The van der Waals surface area contributed by atoms with E-state index in [4.69, 9.17) is 10.4 Å². The van der Waals surface area contributed by atoms with Gasteiger partial charge in [0.25, 0.3) is 5.91 Å². The zero-order chi connectivity index (χ0) is 14.5. The molecule has 2 N–H and O–H groups in total. The molecule has 2 rings (SSSR count). The van der Waals surface area contributed by atoms with Crippen molar-refractivity contribution in [3.8, 4) is 6.07 Å². The number of hydrogen-bond acceptors (Lipinski definition) is 4. The first-order valence-corrected chi connectivity index (χ1v) is 5.62. The van der Waals surface area contributed by atoms with Crippen LogP contribution in [0.5, 0.6) is 0 Å². The number of pyridine rings is 1. The minimum absolute atomic E-state index is 0.195. The van der Waals surface area contributed by atoms with Crippen molar-refractivity contribution in [3.63, 3.8) is 0 Å². The summed E-state index contributed by atoms with van der Waals surface area (Å²) in [5.41, 5.74) is 0.197. The molecule has 0 spiro atoms. The number of nitrogens with one attached hydrogen (secondary N) is 1. The van der Waals surface area contributed by atoms with Crippen molar-refractivity contribution < 1.29 is 14.7 Å². The molecule has 0 aliphatic heterocycles. The summed E-state index contributed by atoms with van der Waals surface area (Å²) < 4.78 is 0. The maximum absolute atomic E-state index is 12.1.